The zero-order valence-electron chi connectivity index (χ0n) is 34.0. The molecule has 3 aromatic rings. The van der Waals surface area contributed by atoms with Gasteiger partial charge < -0.3 is 9.64 Å². The van der Waals surface area contributed by atoms with Crippen molar-refractivity contribution in [3.63, 3.8) is 0 Å². The Bertz CT molecular complexity index is 2240. The highest BCUT2D eigenvalue weighted by atomic mass is 32.1. The number of imide groups is 1. The summed E-state index contributed by atoms with van der Waals surface area (Å²) in [4.78, 5) is 58.3. The predicted molar refractivity (Wildman–Crippen MR) is 224 cm³/mol. The molecule has 11 nitrogen and oxygen atoms in total. The number of Topliss-reactive ketones (excluding diaryl/α,β-unsaturated/α-hetero) is 1. The van der Waals surface area contributed by atoms with Crippen molar-refractivity contribution in [1.82, 2.24) is 15.1 Å². The van der Waals surface area contributed by atoms with Crippen LogP contribution < -0.4 is 19.9 Å². The van der Waals surface area contributed by atoms with Crippen molar-refractivity contribution < 1.29 is 37.1 Å². The van der Waals surface area contributed by atoms with Gasteiger partial charge in [0.1, 0.15) is 17.9 Å². The molecule has 3 aliphatic heterocycles. The second kappa shape index (κ2) is 17.4. The number of ether oxygens (including phenoxy) is 1. The van der Waals surface area contributed by atoms with Gasteiger partial charge in [-0.2, -0.15) is 18.4 Å². The van der Waals surface area contributed by atoms with E-state index >= 15 is 0 Å². The van der Waals surface area contributed by atoms with E-state index in [4.69, 9.17) is 17.0 Å². The average Bonchev–Trinajstić information content (AvgIpc) is 4.03. The summed E-state index contributed by atoms with van der Waals surface area (Å²) in [6, 6.07) is 18.4. The summed E-state index contributed by atoms with van der Waals surface area (Å²) in [5, 5.41) is 11.7. The number of hydrogen-bond acceptors (Lipinski definition) is 9. The van der Waals surface area contributed by atoms with Gasteiger partial charge in [0.05, 0.1) is 29.4 Å². The first-order valence-electron chi connectivity index (χ1n) is 20.5. The quantitative estimate of drug-likeness (QED) is 0.141. The highest BCUT2D eigenvalue weighted by Crippen LogP contribution is 2.47. The van der Waals surface area contributed by atoms with Gasteiger partial charge in [-0.1, -0.05) is 31.2 Å². The largest absolute Gasteiger partial charge is 0.492 e. The fourth-order valence-corrected chi connectivity index (χ4v) is 9.14. The van der Waals surface area contributed by atoms with E-state index in [9.17, 15) is 37.6 Å². The fourth-order valence-electron chi connectivity index (χ4n) is 8.61. The SMILES string of the molecule is CC[C@H]1CN(CCOc2ccc(N3C(=S)N(c4ccc(C#N)c(C(F)(F)F)c4)C(=O)C3(C)C)cc2C2CC2)CCN1CC(=O)Cc1cccc(CC2CCC(=O)NC2=O)c1. The lowest BCUT2D eigenvalue weighted by Gasteiger charge is -2.40. The van der Waals surface area contributed by atoms with Gasteiger partial charge in [-0.05, 0) is 117 Å². The van der Waals surface area contributed by atoms with Crippen LogP contribution in [0.2, 0.25) is 0 Å². The molecule has 2 atom stereocenters. The lowest BCUT2D eigenvalue weighted by atomic mass is 9.90. The smallest absolute Gasteiger partial charge is 0.417 e. The van der Waals surface area contributed by atoms with Crippen molar-refractivity contribution in [2.75, 3.05) is 49.1 Å². The molecule has 1 unspecified atom stereocenters. The molecule has 0 aromatic heterocycles. The third-order valence-electron chi connectivity index (χ3n) is 12.1. The number of carbonyl (C=O) groups excluding carboxylic acids is 4. The fraction of sp³-hybridized carbons (Fsp3) is 0.467. The van der Waals surface area contributed by atoms with Gasteiger partial charge >= 0.3 is 6.18 Å². The standard InChI is InChI=1S/C45H49F3N6O5S/c1-4-33-26-51(16-17-52(33)27-36(55)22-29-7-5-6-28(20-29)21-31-11-15-40(56)50-41(31)57)18-19-59-39-14-13-35(23-37(39)30-8-9-30)54-43(60)53(42(58)44(54,2)3)34-12-10-32(25-49)38(24-34)45(46,47)48/h5-7,10,12-14,20,23-24,30-31,33H,4,8-9,11,15-19,21-22,26-27H2,1-3H3,(H,50,56,57)/t31?,33-/m0/s1. The van der Waals surface area contributed by atoms with E-state index < -0.39 is 28.7 Å². The first-order chi connectivity index (χ1) is 28.6. The van der Waals surface area contributed by atoms with Crippen LogP contribution in [0.15, 0.2) is 60.7 Å². The van der Waals surface area contributed by atoms with E-state index in [0.29, 0.717) is 51.1 Å². The van der Waals surface area contributed by atoms with Crippen LogP contribution in [0.1, 0.15) is 86.6 Å². The Morgan fingerprint density at radius 2 is 1.75 bits per heavy atom. The molecule has 4 aliphatic rings. The van der Waals surface area contributed by atoms with Crippen LogP contribution in [0.4, 0.5) is 24.5 Å². The third-order valence-corrected chi connectivity index (χ3v) is 12.4. The minimum atomic E-state index is -4.79. The Morgan fingerprint density at radius 3 is 2.45 bits per heavy atom. The molecule has 0 bridgehead atoms. The molecule has 1 aliphatic carbocycles. The average molecular weight is 843 g/mol. The molecule has 3 amide bonds. The molecule has 3 heterocycles. The number of nitrogens with zero attached hydrogens (tertiary/aromatic N) is 5. The van der Waals surface area contributed by atoms with E-state index in [0.717, 1.165) is 78.4 Å². The van der Waals surface area contributed by atoms with Gasteiger partial charge in [0.25, 0.3) is 5.91 Å². The Morgan fingerprint density at radius 1 is 1.00 bits per heavy atom. The second-order valence-electron chi connectivity index (χ2n) is 16.7. The summed E-state index contributed by atoms with van der Waals surface area (Å²) in [5.74, 6) is -0.0387. The normalized spacial score (nSPS) is 21.3. The Labute approximate surface area is 353 Å². The molecule has 1 saturated carbocycles. The second-order valence-corrected chi connectivity index (χ2v) is 17.1. The number of nitriles is 1. The molecule has 3 aromatic carbocycles. The Hall–Kier alpha value is -5.17. The molecular formula is C45H49F3N6O5S. The van der Waals surface area contributed by atoms with Crippen LogP contribution in [0, 0.1) is 17.2 Å². The number of ketones is 1. The summed E-state index contributed by atoms with van der Waals surface area (Å²) in [6.07, 6.45) is -0.214. The van der Waals surface area contributed by atoms with Crippen molar-refractivity contribution in [1.29, 1.82) is 5.26 Å². The maximum atomic E-state index is 13.8. The maximum absolute atomic E-state index is 13.8. The van der Waals surface area contributed by atoms with E-state index in [1.807, 2.05) is 42.5 Å². The summed E-state index contributed by atoms with van der Waals surface area (Å²) < 4.78 is 47.9. The van der Waals surface area contributed by atoms with Crippen molar-refractivity contribution in [3.8, 4) is 11.8 Å². The highest BCUT2D eigenvalue weighted by Gasteiger charge is 2.51. The lowest BCUT2D eigenvalue weighted by Crippen LogP contribution is -2.54. The molecular weight excluding hydrogens is 794 g/mol. The number of nitrogens with one attached hydrogen (secondary N) is 1. The summed E-state index contributed by atoms with van der Waals surface area (Å²) in [7, 11) is 0. The van der Waals surface area contributed by atoms with Crippen LogP contribution in [-0.4, -0.2) is 89.3 Å². The number of anilines is 2. The van der Waals surface area contributed by atoms with Crippen LogP contribution in [0.3, 0.4) is 0 Å². The molecule has 316 valence electrons. The van der Waals surface area contributed by atoms with Gasteiger partial charge in [-0.15, -0.1) is 0 Å². The lowest BCUT2D eigenvalue weighted by molar-refractivity contribution is -0.138. The Kier molecular flexibility index (Phi) is 12.5. The van der Waals surface area contributed by atoms with Crippen molar-refractivity contribution >= 4 is 52.2 Å². The molecule has 7 rings (SSSR count). The molecule has 0 radical (unpaired) electrons. The minimum absolute atomic E-state index is 0.0424. The molecule has 3 saturated heterocycles. The van der Waals surface area contributed by atoms with E-state index in [-0.39, 0.29) is 46.3 Å². The van der Waals surface area contributed by atoms with Gasteiger partial charge in [0.15, 0.2) is 10.9 Å². The van der Waals surface area contributed by atoms with Gasteiger partial charge in [0, 0.05) is 56.7 Å². The van der Waals surface area contributed by atoms with E-state index in [2.05, 4.69) is 22.0 Å². The van der Waals surface area contributed by atoms with Crippen LogP contribution in [0.25, 0.3) is 0 Å². The van der Waals surface area contributed by atoms with Crippen molar-refractivity contribution in [3.05, 3.63) is 88.5 Å². The van der Waals surface area contributed by atoms with E-state index in [1.54, 1.807) is 24.8 Å². The molecule has 0 spiro atoms. The number of piperidine rings is 1. The molecule has 4 fully saturated rings. The van der Waals surface area contributed by atoms with Crippen LogP contribution in [0.5, 0.6) is 5.75 Å². The monoisotopic (exact) mass is 842 g/mol. The van der Waals surface area contributed by atoms with E-state index in [1.165, 1.54) is 6.07 Å². The maximum Gasteiger partial charge on any atom is 0.417 e. The first-order valence-corrected chi connectivity index (χ1v) is 20.9. The number of alkyl halides is 3. The number of piperazine rings is 1. The topological polar surface area (TPSA) is 126 Å². The minimum Gasteiger partial charge on any atom is -0.492 e. The molecule has 60 heavy (non-hydrogen) atoms. The summed E-state index contributed by atoms with van der Waals surface area (Å²) >= 11 is 5.77. The number of amides is 3. The summed E-state index contributed by atoms with van der Waals surface area (Å²) in [5.41, 5.74) is 0.592. The Balaban J connectivity index is 0.943. The third kappa shape index (κ3) is 9.26. The first kappa shape index (κ1) is 42.9. The molecule has 1 N–H and O–H groups in total. The molecule has 15 heteroatoms. The number of thiocarbonyl (C=S) groups is 1. The number of hydrogen-bond donors (Lipinski definition) is 1. The van der Waals surface area contributed by atoms with Crippen molar-refractivity contribution in [2.45, 2.75) is 89.4 Å². The van der Waals surface area contributed by atoms with Gasteiger partial charge in [-0.3, -0.25) is 39.2 Å². The van der Waals surface area contributed by atoms with Crippen LogP contribution in [-0.2, 0) is 38.2 Å². The van der Waals surface area contributed by atoms with Gasteiger partial charge in [0.2, 0.25) is 11.8 Å². The van der Waals surface area contributed by atoms with Gasteiger partial charge in [-0.25, -0.2) is 0 Å². The zero-order chi connectivity index (χ0) is 42.9. The summed E-state index contributed by atoms with van der Waals surface area (Å²) in [6.45, 7) is 9.35. The number of carbonyl (C=O) groups is 4. The predicted octanol–water partition coefficient (Wildman–Crippen LogP) is 6.55. The number of rotatable bonds is 14. The number of halogens is 3. The van der Waals surface area contributed by atoms with Crippen LogP contribution >= 0.6 is 12.2 Å². The highest BCUT2D eigenvalue weighted by molar-refractivity contribution is 7.81. The van der Waals surface area contributed by atoms with Crippen molar-refractivity contribution in [2.24, 2.45) is 5.92 Å². The number of benzene rings is 3. The zero-order valence-corrected chi connectivity index (χ0v) is 34.8.